The van der Waals surface area contributed by atoms with Gasteiger partial charge >= 0.3 is 5.92 Å². The predicted octanol–water partition coefficient (Wildman–Crippen LogP) is 13.7. The van der Waals surface area contributed by atoms with Gasteiger partial charge < -0.3 is 4.43 Å². The summed E-state index contributed by atoms with van der Waals surface area (Å²) in [5, 5.41) is 0. The average Bonchev–Trinajstić information content (AvgIpc) is 3.28. The van der Waals surface area contributed by atoms with Gasteiger partial charge in [-0.15, -0.1) is 0 Å². The van der Waals surface area contributed by atoms with Crippen molar-refractivity contribution in [3.8, 4) is 16.9 Å². The number of fused-ring (bicyclic) bond motifs is 3. The molecule has 0 spiro atoms. The van der Waals surface area contributed by atoms with Crippen LogP contribution in [0.1, 0.15) is 111 Å². The molecule has 1 aliphatic rings. The number of alkyl halides is 2. The summed E-state index contributed by atoms with van der Waals surface area (Å²) in [4.78, 5) is 0. The first-order valence-electron chi connectivity index (χ1n) is 17.6. The minimum Gasteiger partial charge on any atom is -0.539 e. The number of unbranched alkanes of at least 4 members (excludes halogenated alkanes) is 3. The van der Waals surface area contributed by atoms with E-state index in [0.29, 0.717) is 18.0 Å². The molecule has 0 heterocycles. The van der Waals surface area contributed by atoms with Gasteiger partial charge in [0, 0.05) is 16.7 Å². The molecule has 0 saturated heterocycles. The van der Waals surface area contributed by atoms with E-state index in [1.165, 1.54) is 0 Å². The van der Waals surface area contributed by atoms with E-state index in [0.717, 1.165) is 75.5 Å². The fraction of sp³-hybridized carbons (Fsp3) is 0.667. The van der Waals surface area contributed by atoms with Gasteiger partial charge in [-0.25, -0.2) is 22.0 Å². The second-order valence-corrected chi connectivity index (χ2v) is 24.0. The minimum atomic E-state index is -4.46. The highest BCUT2D eigenvalue weighted by molar-refractivity contribution is 6.80. The summed E-state index contributed by atoms with van der Waals surface area (Å²) in [6.07, 6.45) is 7.82. The first kappa shape index (κ1) is 39.6. The monoisotopic (exact) mass is 708 g/mol. The zero-order valence-corrected chi connectivity index (χ0v) is 31.1. The molecule has 3 rings (SSSR count). The van der Waals surface area contributed by atoms with Gasteiger partial charge in [0.2, 0.25) is 5.82 Å². The van der Waals surface area contributed by atoms with Gasteiger partial charge in [0.1, 0.15) is 0 Å². The Kier molecular flexibility index (Phi) is 13.6. The maximum Gasteiger partial charge on any atom is 0.302 e. The molecule has 2 unspecified atom stereocenters. The Morgan fingerprint density at radius 3 is 1.85 bits per heavy atom. The van der Waals surface area contributed by atoms with Crippen molar-refractivity contribution in [2.75, 3.05) is 0 Å². The van der Waals surface area contributed by atoms with E-state index in [-0.39, 0.29) is 11.6 Å². The third-order valence-electron chi connectivity index (χ3n) is 11.3. The van der Waals surface area contributed by atoms with Crippen LogP contribution in [-0.2, 0) is 5.92 Å². The topological polar surface area (TPSA) is 9.23 Å². The lowest BCUT2D eigenvalue weighted by Gasteiger charge is -2.38. The smallest absolute Gasteiger partial charge is 0.302 e. The van der Waals surface area contributed by atoms with E-state index in [1.807, 2.05) is 13.8 Å². The maximum absolute atomic E-state index is 16.3. The fourth-order valence-electron chi connectivity index (χ4n) is 7.51. The van der Waals surface area contributed by atoms with Crippen molar-refractivity contribution < 1.29 is 39.5 Å². The second-order valence-electron chi connectivity index (χ2n) is 13.9. The van der Waals surface area contributed by atoms with Crippen molar-refractivity contribution in [2.24, 2.45) is 5.92 Å². The zero-order chi connectivity index (χ0) is 35.3. The molecule has 2 atom stereocenters. The molecule has 0 bridgehead atoms. The molecule has 0 amide bonds. The Morgan fingerprint density at radius 1 is 0.681 bits per heavy atom. The molecular formula is C36H52F8OSi2. The van der Waals surface area contributed by atoms with Crippen LogP contribution in [0.4, 0.5) is 35.1 Å². The number of hydrogen-bond acceptors (Lipinski definition) is 1. The normalized spacial score (nSPS) is 15.9. The molecule has 47 heavy (non-hydrogen) atoms. The van der Waals surface area contributed by atoms with Crippen LogP contribution in [0.2, 0.25) is 41.8 Å². The first-order valence-corrected chi connectivity index (χ1v) is 22.8. The highest BCUT2D eigenvalue weighted by atomic mass is 28.4. The van der Waals surface area contributed by atoms with Crippen LogP contribution in [0.15, 0.2) is 6.07 Å². The lowest BCUT2D eigenvalue weighted by Crippen LogP contribution is -2.46. The Hall–Kier alpha value is -1.89. The van der Waals surface area contributed by atoms with Crippen LogP contribution in [-0.4, -0.2) is 16.4 Å². The molecule has 1 aliphatic carbocycles. The van der Waals surface area contributed by atoms with Crippen molar-refractivity contribution in [1.29, 1.82) is 0 Å². The molecule has 0 aromatic heterocycles. The number of hydrogen-bond donors (Lipinski definition) is 0. The third-order valence-corrected chi connectivity index (χ3v) is 22.2. The number of rotatable bonds is 19. The second kappa shape index (κ2) is 16.2. The standard InChI is InChI=1S/C36H52F8OSi2/c1-8-13-14-15-17-24(9-2)18-21-47(23(6)7,20-16-19-46(10-3,11-4)12-5)45-35-33(41)29-28(32(40)34(35)42)27-25(36(29,43)44)22-26(37)30(38)31(27)39/h22-24H,8-21H2,1-7H3. The summed E-state index contributed by atoms with van der Waals surface area (Å²) < 4.78 is 129. The SMILES string of the molecule is CCCCCCC(CC)CC[Si](CCC[Si](CC)(CC)CC)(Oc1c(F)c(F)c2c(c1F)C(F)(F)c1cc(F)c(F)c(F)c1-2)C(C)C. The molecule has 0 N–H and O–H groups in total. The molecule has 0 radical (unpaired) electrons. The van der Waals surface area contributed by atoms with Crippen LogP contribution in [0, 0.1) is 40.8 Å². The van der Waals surface area contributed by atoms with Crippen LogP contribution >= 0.6 is 0 Å². The van der Waals surface area contributed by atoms with Crippen molar-refractivity contribution in [2.45, 2.75) is 148 Å². The summed E-state index contributed by atoms with van der Waals surface area (Å²) >= 11 is 0. The molecular weight excluding hydrogens is 657 g/mol. The molecule has 0 saturated carbocycles. The molecule has 0 aliphatic heterocycles. The summed E-state index contributed by atoms with van der Waals surface area (Å²) in [6, 6.07) is 5.32. The molecule has 2 aromatic rings. The average molecular weight is 709 g/mol. The van der Waals surface area contributed by atoms with E-state index in [9.17, 15) is 13.2 Å². The van der Waals surface area contributed by atoms with Crippen molar-refractivity contribution in [1.82, 2.24) is 0 Å². The minimum absolute atomic E-state index is 0.00889. The van der Waals surface area contributed by atoms with E-state index in [4.69, 9.17) is 4.43 Å². The zero-order valence-electron chi connectivity index (χ0n) is 29.1. The Balaban J connectivity index is 2.12. The third kappa shape index (κ3) is 7.81. The van der Waals surface area contributed by atoms with Gasteiger partial charge in [-0.1, -0.05) is 118 Å². The Labute approximate surface area is 278 Å². The van der Waals surface area contributed by atoms with Crippen molar-refractivity contribution >= 4 is 16.4 Å². The molecule has 1 nitrogen and oxygen atoms in total. The van der Waals surface area contributed by atoms with Gasteiger partial charge in [-0.05, 0) is 36.0 Å². The van der Waals surface area contributed by atoms with Crippen LogP contribution in [0.5, 0.6) is 5.75 Å². The predicted molar refractivity (Wildman–Crippen MR) is 179 cm³/mol. The van der Waals surface area contributed by atoms with Gasteiger partial charge in [0.25, 0.3) is 8.32 Å². The van der Waals surface area contributed by atoms with Crippen LogP contribution in [0.3, 0.4) is 0 Å². The largest absolute Gasteiger partial charge is 0.539 e. The van der Waals surface area contributed by atoms with Crippen molar-refractivity contribution in [3.63, 3.8) is 0 Å². The quantitative estimate of drug-likeness (QED) is 0.0464. The molecule has 2 aromatic carbocycles. The molecule has 11 heteroatoms. The summed E-state index contributed by atoms with van der Waals surface area (Å²) in [6.45, 7) is 14.7. The summed E-state index contributed by atoms with van der Waals surface area (Å²) in [7, 11) is -4.80. The summed E-state index contributed by atoms with van der Waals surface area (Å²) in [5.74, 6) is -17.3. The highest BCUT2D eigenvalue weighted by Crippen LogP contribution is 2.57. The fourth-order valence-corrected chi connectivity index (χ4v) is 15.5. The molecule has 0 fully saturated rings. The van der Waals surface area contributed by atoms with Gasteiger partial charge in [0.15, 0.2) is 34.8 Å². The molecule has 266 valence electrons. The van der Waals surface area contributed by atoms with Crippen LogP contribution in [0.25, 0.3) is 11.1 Å². The number of halogens is 8. The van der Waals surface area contributed by atoms with E-state index in [2.05, 4.69) is 34.6 Å². The number of benzene rings is 2. The summed E-state index contributed by atoms with van der Waals surface area (Å²) in [5.41, 5.74) is -6.14. The van der Waals surface area contributed by atoms with E-state index >= 15 is 22.0 Å². The van der Waals surface area contributed by atoms with Gasteiger partial charge in [0.05, 0.1) is 13.6 Å². The van der Waals surface area contributed by atoms with Crippen molar-refractivity contribution in [3.05, 3.63) is 52.1 Å². The lowest BCUT2D eigenvalue weighted by molar-refractivity contribution is 0.0428. The lowest BCUT2D eigenvalue weighted by atomic mass is 9.96. The Morgan fingerprint density at radius 2 is 1.30 bits per heavy atom. The van der Waals surface area contributed by atoms with Crippen LogP contribution < -0.4 is 4.43 Å². The maximum atomic E-state index is 16.3. The Bertz CT molecular complexity index is 1370. The van der Waals surface area contributed by atoms with Gasteiger partial charge in [-0.2, -0.15) is 13.2 Å². The van der Waals surface area contributed by atoms with Gasteiger partial charge in [-0.3, -0.25) is 0 Å². The highest BCUT2D eigenvalue weighted by Gasteiger charge is 2.53. The first-order chi connectivity index (χ1) is 22.1. The van der Waals surface area contributed by atoms with E-state index in [1.54, 1.807) is 0 Å². The van der Waals surface area contributed by atoms with E-state index < -0.39 is 85.2 Å².